The van der Waals surface area contributed by atoms with Gasteiger partial charge >= 0.3 is 0 Å². The Morgan fingerprint density at radius 2 is 2.23 bits per heavy atom. The second kappa shape index (κ2) is 4.91. The van der Waals surface area contributed by atoms with E-state index < -0.39 is 0 Å². The smallest absolute Gasteiger partial charge is 0.152 e. The Morgan fingerprint density at radius 1 is 1.54 bits per heavy atom. The fraction of sp³-hybridized carbons (Fsp3) is 0.222. The van der Waals surface area contributed by atoms with E-state index in [9.17, 15) is 9.18 Å². The number of hydrogen-bond donors (Lipinski definition) is 0. The van der Waals surface area contributed by atoms with E-state index >= 15 is 0 Å². The van der Waals surface area contributed by atoms with Gasteiger partial charge in [-0.15, -0.1) is 11.6 Å². The fourth-order valence-corrected chi connectivity index (χ4v) is 1.59. The van der Waals surface area contributed by atoms with Crippen LogP contribution in [0.1, 0.15) is 5.56 Å². The molecule has 0 aliphatic rings. The summed E-state index contributed by atoms with van der Waals surface area (Å²) in [6.07, 6.45) is 0.0756. The third kappa shape index (κ3) is 3.23. The molecule has 0 saturated carbocycles. The van der Waals surface area contributed by atoms with E-state index in [1.807, 2.05) is 0 Å². The van der Waals surface area contributed by atoms with Gasteiger partial charge in [0.2, 0.25) is 0 Å². The Hall–Kier alpha value is -0.160. The van der Waals surface area contributed by atoms with Crippen molar-refractivity contribution in [1.29, 1.82) is 0 Å². The molecule has 0 aliphatic carbocycles. The normalized spacial score (nSPS) is 10.1. The number of rotatable bonds is 3. The van der Waals surface area contributed by atoms with E-state index in [1.165, 1.54) is 6.07 Å². The maximum Gasteiger partial charge on any atom is 0.152 e. The zero-order valence-corrected chi connectivity index (χ0v) is 9.60. The first-order chi connectivity index (χ1) is 6.13. The molecular formula is C9H7ClFIO. The highest BCUT2D eigenvalue weighted by molar-refractivity contribution is 14.1. The Labute approximate surface area is 94.4 Å². The lowest BCUT2D eigenvalue weighted by Gasteiger charge is -2.01. The molecule has 0 bridgehead atoms. The lowest BCUT2D eigenvalue weighted by Crippen LogP contribution is -2.05. The largest absolute Gasteiger partial charge is 0.298 e. The molecule has 1 aromatic rings. The van der Waals surface area contributed by atoms with Crippen molar-refractivity contribution in [1.82, 2.24) is 0 Å². The van der Waals surface area contributed by atoms with Crippen molar-refractivity contribution in [3.8, 4) is 0 Å². The van der Waals surface area contributed by atoms with Crippen LogP contribution in [0.3, 0.4) is 0 Å². The van der Waals surface area contributed by atoms with E-state index in [0.717, 1.165) is 3.57 Å². The third-order valence-corrected chi connectivity index (χ3v) is 2.51. The average Bonchev–Trinajstić information content (AvgIpc) is 2.11. The molecule has 0 fully saturated rings. The molecule has 0 aromatic heterocycles. The van der Waals surface area contributed by atoms with Crippen LogP contribution < -0.4 is 0 Å². The van der Waals surface area contributed by atoms with Gasteiger partial charge in [-0.05, 0) is 46.4 Å². The average molecular weight is 313 g/mol. The molecule has 13 heavy (non-hydrogen) atoms. The molecule has 70 valence electrons. The van der Waals surface area contributed by atoms with Crippen LogP contribution in [0.15, 0.2) is 18.2 Å². The predicted molar refractivity (Wildman–Crippen MR) is 58.5 cm³/mol. The molecule has 0 aliphatic heterocycles. The topological polar surface area (TPSA) is 17.1 Å². The zero-order chi connectivity index (χ0) is 9.84. The van der Waals surface area contributed by atoms with Crippen molar-refractivity contribution in [3.05, 3.63) is 33.1 Å². The molecule has 0 spiro atoms. The standard InChI is InChI=1S/C9H7ClFIO/c10-5-8(13)4-6-3-7(12)1-2-9(6)11/h1-3H,4-5H2. The first kappa shape index (κ1) is 10.9. The van der Waals surface area contributed by atoms with Crippen LogP contribution in [0, 0.1) is 9.39 Å². The minimum absolute atomic E-state index is 0.0646. The highest BCUT2D eigenvalue weighted by Gasteiger charge is 2.07. The van der Waals surface area contributed by atoms with Crippen molar-refractivity contribution < 1.29 is 9.18 Å². The molecule has 0 heterocycles. The molecule has 1 nitrogen and oxygen atoms in total. The van der Waals surface area contributed by atoms with Crippen molar-refractivity contribution in [2.24, 2.45) is 0 Å². The lowest BCUT2D eigenvalue weighted by molar-refractivity contribution is -0.116. The molecule has 1 aromatic carbocycles. The zero-order valence-electron chi connectivity index (χ0n) is 6.69. The van der Waals surface area contributed by atoms with Crippen LogP contribution >= 0.6 is 34.2 Å². The molecule has 0 N–H and O–H groups in total. The number of carbonyl (C=O) groups is 1. The fourth-order valence-electron chi connectivity index (χ4n) is 0.938. The third-order valence-electron chi connectivity index (χ3n) is 1.54. The quantitative estimate of drug-likeness (QED) is 0.619. The summed E-state index contributed by atoms with van der Waals surface area (Å²) < 4.78 is 14.0. The Morgan fingerprint density at radius 3 is 2.85 bits per heavy atom. The number of hydrogen-bond acceptors (Lipinski definition) is 1. The van der Waals surface area contributed by atoms with Crippen LogP contribution in [0.25, 0.3) is 0 Å². The number of alkyl halides is 1. The monoisotopic (exact) mass is 312 g/mol. The summed E-state index contributed by atoms with van der Waals surface area (Å²) in [5, 5.41) is 0. The minimum atomic E-state index is -0.348. The number of halogens is 3. The van der Waals surface area contributed by atoms with Crippen LogP contribution in [0.5, 0.6) is 0 Å². The summed E-state index contributed by atoms with van der Waals surface area (Å²) >= 11 is 7.39. The van der Waals surface area contributed by atoms with Crippen molar-refractivity contribution >= 4 is 40.0 Å². The van der Waals surface area contributed by atoms with Gasteiger partial charge in [-0.1, -0.05) is 0 Å². The second-order valence-electron chi connectivity index (χ2n) is 2.58. The first-order valence-corrected chi connectivity index (χ1v) is 5.26. The van der Waals surface area contributed by atoms with Gasteiger partial charge in [0, 0.05) is 9.99 Å². The van der Waals surface area contributed by atoms with E-state index in [4.69, 9.17) is 11.6 Å². The molecule has 0 amide bonds. The first-order valence-electron chi connectivity index (χ1n) is 3.65. The van der Waals surface area contributed by atoms with E-state index in [-0.39, 0.29) is 23.9 Å². The van der Waals surface area contributed by atoms with Gasteiger partial charge in [0.1, 0.15) is 5.82 Å². The van der Waals surface area contributed by atoms with Crippen molar-refractivity contribution in [3.63, 3.8) is 0 Å². The highest BCUT2D eigenvalue weighted by Crippen LogP contribution is 2.13. The molecular weight excluding hydrogens is 305 g/mol. The van der Waals surface area contributed by atoms with Gasteiger partial charge in [-0.3, -0.25) is 4.79 Å². The molecule has 1 rings (SSSR count). The number of benzene rings is 1. The molecule has 0 atom stereocenters. The Kier molecular flexibility index (Phi) is 4.12. The second-order valence-corrected chi connectivity index (χ2v) is 4.10. The van der Waals surface area contributed by atoms with Crippen LogP contribution in [0.4, 0.5) is 4.39 Å². The summed E-state index contributed by atoms with van der Waals surface area (Å²) in [4.78, 5) is 10.9. The number of Topliss-reactive ketones (excluding diaryl/α,β-unsaturated/α-hetero) is 1. The Bertz CT molecular complexity index is 327. The molecule has 0 saturated heterocycles. The number of ketones is 1. The molecule has 0 unspecified atom stereocenters. The number of carbonyl (C=O) groups excluding carboxylic acids is 1. The highest BCUT2D eigenvalue weighted by atomic mass is 127. The van der Waals surface area contributed by atoms with Gasteiger partial charge in [0.05, 0.1) is 5.88 Å². The van der Waals surface area contributed by atoms with Crippen molar-refractivity contribution in [2.45, 2.75) is 6.42 Å². The van der Waals surface area contributed by atoms with E-state index in [1.54, 1.807) is 12.1 Å². The summed E-state index contributed by atoms with van der Waals surface area (Å²) in [5.41, 5.74) is 0.414. The summed E-state index contributed by atoms with van der Waals surface area (Å²) in [6, 6.07) is 4.67. The maximum atomic E-state index is 13.1. The van der Waals surface area contributed by atoms with Gasteiger partial charge < -0.3 is 0 Å². The maximum absolute atomic E-state index is 13.1. The molecule has 0 radical (unpaired) electrons. The van der Waals surface area contributed by atoms with Crippen LogP contribution in [-0.2, 0) is 11.2 Å². The summed E-state index contributed by atoms with van der Waals surface area (Å²) in [7, 11) is 0. The Balaban J connectivity index is 2.87. The summed E-state index contributed by atoms with van der Waals surface area (Å²) in [6.45, 7) is 0. The SMILES string of the molecule is O=C(CCl)Cc1cc(I)ccc1F. The lowest BCUT2D eigenvalue weighted by atomic mass is 10.1. The predicted octanol–water partition coefficient (Wildman–Crippen LogP) is 2.78. The van der Waals surface area contributed by atoms with E-state index in [2.05, 4.69) is 22.6 Å². The minimum Gasteiger partial charge on any atom is -0.298 e. The van der Waals surface area contributed by atoms with E-state index in [0.29, 0.717) is 5.56 Å². The van der Waals surface area contributed by atoms with Gasteiger partial charge in [-0.2, -0.15) is 0 Å². The molecule has 4 heteroatoms. The van der Waals surface area contributed by atoms with Gasteiger partial charge in [-0.25, -0.2) is 4.39 Å². The van der Waals surface area contributed by atoms with Crippen LogP contribution in [-0.4, -0.2) is 11.7 Å². The summed E-state index contributed by atoms with van der Waals surface area (Å²) in [5.74, 6) is -0.577. The van der Waals surface area contributed by atoms with Crippen molar-refractivity contribution in [2.75, 3.05) is 5.88 Å². The van der Waals surface area contributed by atoms with Crippen LogP contribution in [0.2, 0.25) is 0 Å². The van der Waals surface area contributed by atoms with Gasteiger partial charge in [0.25, 0.3) is 0 Å². The van der Waals surface area contributed by atoms with Gasteiger partial charge in [0.15, 0.2) is 5.78 Å².